The van der Waals surface area contributed by atoms with E-state index in [1.165, 1.54) is 29.2 Å². The van der Waals surface area contributed by atoms with Gasteiger partial charge in [0.05, 0.1) is 23.0 Å². The minimum atomic E-state index is -4.78. The summed E-state index contributed by atoms with van der Waals surface area (Å²) < 4.78 is 53.5. The summed E-state index contributed by atoms with van der Waals surface area (Å²) in [4.78, 5) is 60.2. The van der Waals surface area contributed by atoms with E-state index in [0.717, 1.165) is 4.90 Å². The smallest absolute Gasteiger partial charge is 0.341 e. The molecule has 0 radical (unpaired) electrons. The number of anilines is 1. The zero-order chi connectivity index (χ0) is 28.7. The van der Waals surface area contributed by atoms with E-state index >= 15 is 0 Å². The number of urea groups is 1. The lowest BCUT2D eigenvalue weighted by Gasteiger charge is -2.43. The third-order valence-electron chi connectivity index (χ3n) is 7.17. The Balaban J connectivity index is 1.52. The number of alkyl halides is 3. The maximum absolute atomic E-state index is 14.3. The summed E-state index contributed by atoms with van der Waals surface area (Å²) in [6.07, 6.45) is -1.54. The van der Waals surface area contributed by atoms with Gasteiger partial charge in [-0.2, -0.15) is 13.2 Å². The van der Waals surface area contributed by atoms with E-state index in [1.54, 1.807) is 26.0 Å². The number of aromatic nitrogens is 1. The highest BCUT2D eigenvalue weighted by atomic mass is 19.4. The molecule has 4 rings (SSSR count). The molecule has 208 valence electrons. The van der Waals surface area contributed by atoms with E-state index in [4.69, 9.17) is 0 Å². The summed E-state index contributed by atoms with van der Waals surface area (Å²) in [5.41, 5.74) is -2.80. The Kier molecular flexibility index (Phi) is 7.37. The van der Waals surface area contributed by atoms with E-state index in [2.05, 4.69) is 10.3 Å². The molecule has 39 heavy (non-hydrogen) atoms. The first-order chi connectivity index (χ1) is 18.3. The molecule has 2 saturated heterocycles. The molecule has 0 saturated carbocycles. The highest BCUT2D eigenvalue weighted by molar-refractivity contribution is 6.16. The molecule has 1 atom stereocenters. The summed E-state index contributed by atoms with van der Waals surface area (Å²) in [6.45, 7) is 3.41. The minimum Gasteiger partial charge on any atom is -0.341 e. The van der Waals surface area contributed by atoms with Crippen LogP contribution < -0.4 is 10.2 Å². The van der Waals surface area contributed by atoms with Crippen molar-refractivity contribution >= 4 is 29.4 Å². The van der Waals surface area contributed by atoms with E-state index in [0.29, 0.717) is 23.9 Å². The molecule has 2 aliphatic heterocycles. The van der Waals surface area contributed by atoms with Crippen LogP contribution in [0.3, 0.4) is 0 Å². The van der Waals surface area contributed by atoms with Crippen LogP contribution >= 0.6 is 0 Å². The number of piperidine rings is 1. The maximum atomic E-state index is 14.3. The van der Waals surface area contributed by atoms with E-state index in [9.17, 15) is 36.7 Å². The van der Waals surface area contributed by atoms with Crippen LogP contribution in [0.25, 0.3) is 0 Å². The van der Waals surface area contributed by atoms with Gasteiger partial charge in [0, 0.05) is 26.3 Å². The minimum absolute atomic E-state index is 0.0689. The van der Waals surface area contributed by atoms with Crippen LogP contribution in [0.5, 0.6) is 0 Å². The van der Waals surface area contributed by atoms with Crippen molar-refractivity contribution in [1.29, 1.82) is 0 Å². The molecule has 1 aromatic heterocycles. The van der Waals surface area contributed by atoms with Crippen molar-refractivity contribution in [1.82, 2.24) is 20.1 Å². The van der Waals surface area contributed by atoms with Gasteiger partial charge in [0.1, 0.15) is 17.4 Å². The quantitative estimate of drug-likeness (QED) is 0.455. The van der Waals surface area contributed by atoms with Gasteiger partial charge in [-0.3, -0.25) is 29.2 Å². The zero-order valence-electron chi connectivity index (χ0n) is 21.5. The number of imide groups is 1. The number of rotatable bonds is 5. The van der Waals surface area contributed by atoms with Crippen molar-refractivity contribution in [3.8, 4) is 0 Å². The monoisotopic (exact) mass is 549 g/mol. The Morgan fingerprint density at radius 3 is 2.33 bits per heavy atom. The molecule has 5 amide bonds. The van der Waals surface area contributed by atoms with Crippen LogP contribution in [0.2, 0.25) is 0 Å². The second-order valence-electron chi connectivity index (χ2n) is 9.94. The molecule has 13 heteroatoms. The Morgan fingerprint density at radius 1 is 1.10 bits per heavy atom. The van der Waals surface area contributed by atoms with E-state index in [1.807, 2.05) is 0 Å². The fraction of sp³-hybridized carbons (Fsp3) is 0.423. The predicted molar refractivity (Wildman–Crippen MR) is 131 cm³/mol. The Bertz CT molecular complexity index is 1290. The number of amides is 5. The van der Waals surface area contributed by atoms with Crippen LogP contribution in [-0.2, 0) is 15.8 Å². The summed E-state index contributed by atoms with van der Waals surface area (Å²) in [7, 11) is 1.39. The van der Waals surface area contributed by atoms with Crippen molar-refractivity contribution in [3.05, 3.63) is 59.7 Å². The van der Waals surface area contributed by atoms with Crippen LogP contribution in [0.15, 0.2) is 42.7 Å². The van der Waals surface area contributed by atoms with Crippen LogP contribution in [0.4, 0.5) is 28.0 Å². The third kappa shape index (κ3) is 5.04. The zero-order valence-corrected chi connectivity index (χ0v) is 21.5. The number of carbonyl (C=O) groups is 4. The normalized spacial score (nSPS) is 18.2. The second kappa shape index (κ2) is 10.3. The average molecular weight is 550 g/mol. The number of nitrogens with zero attached hydrogens (tertiary/aromatic N) is 4. The van der Waals surface area contributed by atoms with Crippen molar-refractivity contribution in [2.24, 2.45) is 5.92 Å². The number of hydrogen-bond donors (Lipinski definition) is 1. The Morgan fingerprint density at radius 2 is 1.77 bits per heavy atom. The first-order valence-corrected chi connectivity index (χ1v) is 12.3. The van der Waals surface area contributed by atoms with Crippen molar-refractivity contribution < 1.29 is 36.7 Å². The van der Waals surface area contributed by atoms with Crippen molar-refractivity contribution in [2.75, 3.05) is 25.0 Å². The average Bonchev–Trinajstić information content (AvgIpc) is 3.07. The second-order valence-corrected chi connectivity index (χ2v) is 9.94. The molecular formula is C26H27F4N5O4. The molecule has 1 spiro atoms. The van der Waals surface area contributed by atoms with Gasteiger partial charge in [-0.25, -0.2) is 9.18 Å². The standard InChI is InChI=1S/C26H27F4N5O4/c1-15(2)20(32-21(36)18-13-16(26(28,29)30)6-7-19(18)27)22(37)34-11-8-25(9-12-34)23(38)33(3)24(39)35(25)17-5-4-10-31-14-17/h4-7,10,13-15,20H,8-9,11-12H2,1-3H3,(H,32,36). The number of nitrogens with one attached hydrogen (secondary N) is 1. The number of benzene rings is 1. The Hall–Kier alpha value is -4.03. The van der Waals surface area contributed by atoms with Gasteiger partial charge in [0.25, 0.3) is 11.8 Å². The van der Waals surface area contributed by atoms with Crippen molar-refractivity contribution in [2.45, 2.75) is 44.4 Å². The molecule has 2 aliphatic rings. The molecule has 9 nitrogen and oxygen atoms in total. The van der Waals surface area contributed by atoms with Gasteiger partial charge in [-0.15, -0.1) is 0 Å². The van der Waals surface area contributed by atoms with Gasteiger partial charge in [-0.1, -0.05) is 13.8 Å². The van der Waals surface area contributed by atoms with Gasteiger partial charge < -0.3 is 10.2 Å². The summed E-state index contributed by atoms with van der Waals surface area (Å²) in [5.74, 6) is -3.73. The fourth-order valence-electron chi connectivity index (χ4n) is 5.01. The van der Waals surface area contributed by atoms with Gasteiger partial charge in [0.15, 0.2) is 0 Å². The first kappa shape index (κ1) is 28.0. The fourth-order valence-corrected chi connectivity index (χ4v) is 5.01. The van der Waals surface area contributed by atoms with Gasteiger partial charge >= 0.3 is 12.2 Å². The van der Waals surface area contributed by atoms with Crippen LogP contribution in [0, 0.1) is 11.7 Å². The molecule has 1 aromatic carbocycles. The van der Waals surface area contributed by atoms with Gasteiger partial charge in [-0.05, 0) is 49.1 Å². The lowest BCUT2D eigenvalue weighted by Crippen LogP contribution is -2.60. The largest absolute Gasteiger partial charge is 0.416 e. The number of hydrogen-bond acceptors (Lipinski definition) is 5. The molecule has 0 aliphatic carbocycles. The first-order valence-electron chi connectivity index (χ1n) is 12.3. The lowest BCUT2D eigenvalue weighted by molar-refractivity contribution is -0.139. The number of carbonyl (C=O) groups excluding carboxylic acids is 4. The number of likely N-dealkylation sites (tertiary alicyclic amines) is 1. The molecule has 1 N–H and O–H groups in total. The van der Waals surface area contributed by atoms with E-state index in [-0.39, 0.29) is 25.9 Å². The summed E-state index contributed by atoms with van der Waals surface area (Å²) in [5, 5.41) is 2.38. The highest BCUT2D eigenvalue weighted by Crippen LogP contribution is 2.40. The molecule has 1 unspecified atom stereocenters. The maximum Gasteiger partial charge on any atom is 0.416 e. The molecule has 2 aromatic rings. The molecular weight excluding hydrogens is 522 g/mol. The number of halogens is 4. The predicted octanol–water partition coefficient (Wildman–Crippen LogP) is 3.45. The van der Waals surface area contributed by atoms with E-state index < -0.39 is 64.4 Å². The van der Waals surface area contributed by atoms with Gasteiger partial charge in [0.2, 0.25) is 5.91 Å². The number of likely N-dealkylation sites (N-methyl/N-ethyl adjacent to an activating group) is 1. The van der Waals surface area contributed by atoms with Crippen LogP contribution in [-0.4, -0.2) is 70.3 Å². The lowest BCUT2D eigenvalue weighted by atomic mass is 9.85. The molecule has 3 heterocycles. The highest BCUT2D eigenvalue weighted by Gasteiger charge is 2.58. The topological polar surface area (TPSA) is 103 Å². The molecule has 2 fully saturated rings. The molecule has 0 bridgehead atoms. The number of pyridine rings is 1. The summed E-state index contributed by atoms with van der Waals surface area (Å²) in [6, 6.07) is 3.11. The Labute approximate surface area is 221 Å². The third-order valence-corrected chi connectivity index (χ3v) is 7.17. The van der Waals surface area contributed by atoms with Crippen molar-refractivity contribution in [3.63, 3.8) is 0 Å². The van der Waals surface area contributed by atoms with Crippen LogP contribution in [0.1, 0.15) is 42.6 Å². The SMILES string of the molecule is CC(C)C(NC(=O)c1cc(C(F)(F)F)ccc1F)C(=O)N1CCC2(CC1)C(=O)N(C)C(=O)N2c1cccnc1. The summed E-state index contributed by atoms with van der Waals surface area (Å²) >= 11 is 0.